The van der Waals surface area contributed by atoms with Crippen molar-refractivity contribution in [1.29, 1.82) is 0 Å². The monoisotopic (exact) mass is 162 g/mol. The summed E-state index contributed by atoms with van der Waals surface area (Å²) in [4.78, 5) is 7.23. The maximum absolute atomic E-state index is 4.17. The molecule has 1 N–H and O–H groups in total. The molecule has 0 atom stereocenters. The summed E-state index contributed by atoms with van der Waals surface area (Å²) in [6.07, 6.45) is 6.45. The summed E-state index contributed by atoms with van der Waals surface area (Å²) in [5, 5.41) is 0. The number of rotatable bonds is 3. The van der Waals surface area contributed by atoms with Crippen LogP contribution in [0, 0.1) is 0 Å². The third-order valence-corrected chi connectivity index (χ3v) is 1.95. The van der Waals surface area contributed by atoms with Crippen LogP contribution < -0.4 is 0 Å². The van der Waals surface area contributed by atoms with Crippen LogP contribution in [0.5, 0.6) is 0 Å². The number of aromatic nitrogens is 2. The van der Waals surface area contributed by atoms with E-state index in [1.54, 1.807) is 6.20 Å². The fraction of sp³-hybridized carbons (Fsp3) is 0.300. The SMILES string of the molecule is C=CC(=C(C)CC)c1ncc[nH]1. The molecule has 0 aliphatic heterocycles. The third-order valence-electron chi connectivity index (χ3n) is 1.95. The zero-order valence-electron chi connectivity index (χ0n) is 7.59. The highest BCUT2D eigenvalue weighted by Crippen LogP contribution is 2.17. The van der Waals surface area contributed by atoms with E-state index in [4.69, 9.17) is 0 Å². The highest BCUT2D eigenvalue weighted by atomic mass is 14.9. The van der Waals surface area contributed by atoms with Crippen LogP contribution in [0.1, 0.15) is 26.1 Å². The Morgan fingerprint density at radius 1 is 1.75 bits per heavy atom. The number of H-pyrrole nitrogens is 1. The molecule has 0 radical (unpaired) electrons. The second-order valence-electron chi connectivity index (χ2n) is 2.69. The second-order valence-corrected chi connectivity index (χ2v) is 2.69. The molecule has 0 unspecified atom stereocenters. The number of imidazole rings is 1. The zero-order valence-corrected chi connectivity index (χ0v) is 7.59. The molecule has 1 rings (SSSR count). The number of allylic oxidation sites excluding steroid dienone is 3. The van der Waals surface area contributed by atoms with Crippen molar-refractivity contribution in [3.8, 4) is 0 Å². The highest BCUT2D eigenvalue weighted by Gasteiger charge is 2.01. The Kier molecular flexibility index (Phi) is 2.86. The van der Waals surface area contributed by atoms with Gasteiger partial charge in [-0.15, -0.1) is 0 Å². The standard InChI is InChI=1S/C10H14N2/c1-4-8(3)9(5-2)10-11-6-7-12-10/h5-7H,2,4H2,1,3H3,(H,11,12). The van der Waals surface area contributed by atoms with Gasteiger partial charge in [-0.25, -0.2) is 4.98 Å². The van der Waals surface area contributed by atoms with Gasteiger partial charge in [0, 0.05) is 18.0 Å². The largest absolute Gasteiger partial charge is 0.345 e. The summed E-state index contributed by atoms with van der Waals surface area (Å²) in [6, 6.07) is 0. The van der Waals surface area contributed by atoms with Gasteiger partial charge in [-0.3, -0.25) is 0 Å². The van der Waals surface area contributed by atoms with E-state index in [0.29, 0.717) is 0 Å². The van der Waals surface area contributed by atoms with Crippen molar-refractivity contribution >= 4 is 5.57 Å². The first-order chi connectivity index (χ1) is 5.79. The molecule has 0 fully saturated rings. The Morgan fingerprint density at radius 2 is 2.50 bits per heavy atom. The van der Waals surface area contributed by atoms with Crippen molar-refractivity contribution < 1.29 is 0 Å². The van der Waals surface area contributed by atoms with Gasteiger partial charge in [0.15, 0.2) is 0 Å². The summed E-state index contributed by atoms with van der Waals surface area (Å²) in [5.74, 6) is 0.907. The lowest BCUT2D eigenvalue weighted by Gasteiger charge is -2.02. The molecular weight excluding hydrogens is 148 g/mol. The van der Waals surface area contributed by atoms with Crippen LogP contribution in [-0.4, -0.2) is 9.97 Å². The van der Waals surface area contributed by atoms with Crippen LogP contribution in [0.2, 0.25) is 0 Å². The first-order valence-corrected chi connectivity index (χ1v) is 4.11. The van der Waals surface area contributed by atoms with Crippen LogP contribution >= 0.6 is 0 Å². The quantitative estimate of drug-likeness (QED) is 0.680. The van der Waals surface area contributed by atoms with E-state index in [9.17, 15) is 0 Å². The average Bonchev–Trinajstić information content (AvgIpc) is 2.58. The molecule has 0 amide bonds. The minimum Gasteiger partial charge on any atom is -0.345 e. The van der Waals surface area contributed by atoms with E-state index in [-0.39, 0.29) is 0 Å². The first-order valence-electron chi connectivity index (χ1n) is 4.11. The maximum Gasteiger partial charge on any atom is 0.137 e. The fourth-order valence-electron chi connectivity index (χ4n) is 1.08. The number of hydrogen-bond donors (Lipinski definition) is 1. The third kappa shape index (κ3) is 1.64. The maximum atomic E-state index is 4.17. The zero-order chi connectivity index (χ0) is 8.97. The summed E-state index contributed by atoms with van der Waals surface area (Å²) in [6.45, 7) is 7.99. The molecule has 0 spiro atoms. The van der Waals surface area contributed by atoms with Crippen LogP contribution in [0.4, 0.5) is 0 Å². The molecule has 1 aromatic rings. The summed E-state index contributed by atoms with van der Waals surface area (Å²) in [5.41, 5.74) is 2.42. The predicted octanol–water partition coefficient (Wildman–Crippen LogP) is 2.78. The van der Waals surface area contributed by atoms with Gasteiger partial charge >= 0.3 is 0 Å². The van der Waals surface area contributed by atoms with Crippen LogP contribution in [0.25, 0.3) is 5.57 Å². The first kappa shape index (κ1) is 8.78. The van der Waals surface area contributed by atoms with Crippen LogP contribution in [0.15, 0.2) is 30.6 Å². The molecule has 2 heteroatoms. The second kappa shape index (κ2) is 3.90. The van der Waals surface area contributed by atoms with Crippen molar-refractivity contribution in [2.45, 2.75) is 20.3 Å². The van der Waals surface area contributed by atoms with Gasteiger partial charge in [-0.2, -0.15) is 0 Å². The number of nitrogens with one attached hydrogen (secondary N) is 1. The van der Waals surface area contributed by atoms with Crippen molar-refractivity contribution in [2.24, 2.45) is 0 Å². The molecule has 0 aliphatic carbocycles. The molecule has 64 valence electrons. The molecule has 0 bridgehead atoms. The van der Waals surface area contributed by atoms with E-state index in [2.05, 4.69) is 30.4 Å². The Labute approximate surface area is 73.0 Å². The fourth-order valence-corrected chi connectivity index (χ4v) is 1.08. The molecule has 0 saturated heterocycles. The lowest BCUT2D eigenvalue weighted by atomic mass is 10.1. The summed E-state index contributed by atoms with van der Waals surface area (Å²) < 4.78 is 0. The number of nitrogens with zero attached hydrogens (tertiary/aromatic N) is 1. The molecule has 1 heterocycles. The Hall–Kier alpha value is -1.31. The number of hydrogen-bond acceptors (Lipinski definition) is 1. The molecular formula is C10H14N2. The minimum absolute atomic E-state index is 0.907. The molecule has 0 saturated carbocycles. The van der Waals surface area contributed by atoms with Gasteiger partial charge < -0.3 is 4.98 Å². The van der Waals surface area contributed by atoms with E-state index in [1.807, 2.05) is 12.3 Å². The van der Waals surface area contributed by atoms with Gasteiger partial charge in [0.05, 0.1) is 0 Å². The van der Waals surface area contributed by atoms with Gasteiger partial charge in [0.25, 0.3) is 0 Å². The van der Waals surface area contributed by atoms with Crippen molar-refractivity contribution in [2.75, 3.05) is 0 Å². The Bertz CT molecular complexity index is 281. The molecule has 0 aromatic carbocycles. The molecule has 12 heavy (non-hydrogen) atoms. The highest BCUT2D eigenvalue weighted by molar-refractivity contribution is 5.71. The van der Waals surface area contributed by atoms with Gasteiger partial charge in [-0.05, 0) is 13.3 Å². The molecule has 2 nitrogen and oxygen atoms in total. The lowest BCUT2D eigenvalue weighted by Crippen LogP contribution is -1.87. The smallest absolute Gasteiger partial charge is 0.137 e. The minimum atomic E-state index is 0.907. The van der Waals surface area contributed by atoms with Crippen molar-refractivity contribution in [1.82, 2.24) is 9.97 Å². The topological polar surface area (TPSA) is 28.7 Å². The normalized spacial score (nSPS) is 12.5. The lowest BCUT2D eigenvalue weighted by molar-refractivity contribution is 1.09. The summed E-state index contributed by atoms with van der Waals surface area (Å²) in [7, 11) is 0. The van der Waals surface area contributed by atoms with E-state index < -0.39 is 0 Å². The number of aromatic amines is 1. The van der Waals surface area contributed by atoms with Crippen LogP contribution in [-0.2, 0) is 0 Å². The predicted molar refractivity (Wildman–Crippen MR) is 51.7 cm³/mol. The van der Waals surface area contributed by atoms with Crippen LogP contribution in [0.3, 0.4) is 0 Å². The van der Waals surface area contributed by atoms with Crippen molar-refractivity contribution in [3.05, 3.63) is 36.4 Å². The van der Waals surface area contributed by atoms with E-state index in [0.717, 1.165) is 17.8 Å². The average molecular weight is 162 g/mol. The molecule has 1 aromatic heterocycles. The van der Waals surface area contributed by atoms with Crippen molar-refractivity contribution in [3.63, 3.8) is 0 Å². The van der Waals surface area contributed by atoms with E-state index >= 15 is 0 Å². The van der Waals surface area contributed by atoms with E-state index in [1.165, 1.54) is 5.57 Å². The summed E-state index contributed by atoms with van der Waals surface area (Å²) >= 11 is 0. The molecule has 0 aliphatic rings. The Morgan fingerprint density at radius 3 is 2.92 bits per heavy atom. The van der Waals surface area contributed by atoms with Gasteiger partial charge in [0.1, 0.15) is 5.82 Å². The Balaban J connectivity index is 3.06. The van der Waals surface area contributed by atoms with Gasteiger partial charge in [-0.1, -0.05) is 25.2 Å². The van der Waals surface area contributed by atoms with Gasteiger partial charge in [0.2, 0.25) is 0 Å².